The molecule has 0 amide bonds. The molecule has 1 aromatic carbocycles. The van der Waals surface area contributed by atoms with E-state index < -0.39 is 0 Å². The molecule has 134 valence electrons. The average Bonchev–Trinajstić information content (AvgIpc) is 2.58. The summed E-state index contributed by atoms with van der Waals surface area (Å²) in [7, 11) is 0. The summed E-state index contributed by atoms with van der Waals surface area (Å²) in [5.41, 5.74) is 8.47. The van der Waals surface area contributed by atoms with Gasteiger partial charge in [-0.1, -0.05) is 6.07 Å². The number of aryl methyl sites for hydroxylation is 1. The van der Waals surface area contributed by atoms with Gasteiger partial charge in [-0.3, -0.25) is 4.90 Å². The molecule has 6 nitrogen and oxygen atoms in total. The molecule has 0 aromatic heterocycles. The van der Waals surface area contributed by atoms with Crippen molar-refractivity contribution in [3.8, 4) is 0 Å². The molecule has 6 heteroatoms. The monoisotopic (exact) mass is 336 g/mol. The molecule has 2 rings (SSSR count). The van der Waals surface area contributed by atoms with Gasteiger partial charge in [-0.05, 0) is 37.1 Å². The maximum Gasteiger partial charge on any atom is 0.338 e. The van der Waals surface area contributed by atoms with Crippen LogP contribution in [0.1, 0.15) is 34.5 Å². The van der Waals surface area contributed by atoms with E-state index in [-0.39, 0.29) is 18.6 Å². The van der Waals surface area contributed by atoms with Crippen LogP contribution in [0.2, 0.25) is 0 Å². The van der Waals surface area contributed by atoms with Gasteiger partial charge < -0.3 is 19.9 Å². The fraction of sp³-hybridized carbons (Fsp3) is 0.611. The van der Waals surface area contributed by atoms with Crippen LogP contribution in [0, 0.1) is 6.92 Å². The number of hydrogen-bond acceptors (Lipinski definition) is 6. The largest absolute Gasteiger partial charge is 0.460 e. The summed E-state index contributed by atoms with van der Waals surface area (Å²) >= 11 is 0. The number of rotatable bonds is 8. The smallest absolute Gasteiger partial charge is 0.338 e. The molecule has 1 aliphatic heterocycles. The molecule has 0 bridgehead atoms. The van der Waals surface area contributed by atoms with Crippen LogP contribution >= 0.6 is 0 Å². The fourth-order valence-electron chi connectivity index (χ4n) is 2.71. The van der Waals surface area contributed by atoms with E-state index in [1.807, 2.05) is 26.0 Å². The molecular weight excluding hydrogens is 308 g/mol. The summed E-state index contributed by atoms with van der Waals surface area (Å²) in [4.78, 5) is 14.3. The van der Waals surface area contributed by atoms with Crippen molar-refractivity contribution in [1.29, 1.82) is 0 Å². The van der Waals surface area contributed by atoms with E-state index in [4.69, 9.17) is 19.9 Å². The van der Waals surface area contributed by atoms with E-state index in [1.54, 1.807) is 6.07 Å². The third kappa shape index (κ3) is 5.87. The lowest BCUT2D eigenvalue weighted by atomic mass is 10.0. The Morgan fingerprint density at radius 3 is 2.71 bits per heavy atom. The second-order valence-corrected chi connectivity index (χ2v) is 6.06. The molecule has 1 unspecified atom stereocenters. The Morgan fingerprint density at radius 1 is 1.29 bits per heavy atom. The molecule has 1 saturated heterocycles. The van der Waals surface area contributed by atoms with Crippen molar-refractivity contribution in [3.63, 3.8) is 0 Å². The Hall–Kier alpha value is -1.47. The van der Waals surface area contributed by atoms with Gasteiger partial charge in [-0.25, -0.2) is 4.79 Å². The van der Waals surface area contributed by atoms with Gasteiger partial charge in [0.2, 0.25) is 0 Å². The molecule has 1 fully saturated rings. The number of ether oxygens (including phenoxy) is 3. The number of nitrogens with zero attached hydrogens (tertiary/aromatic N) is 1. The van der Waals surface area contributed by atoms with E-state index in [2.05, 4.69) is 4.90 Å². The van der Waals surface area contributed by atoms with E-state index in [0.29, 0.717) is 18.8 Å². The normalized spacial score (nSPS) is 16.8. The molecule has 1 atom stereocenters. The number of benzene rings is 1. The first-order valence-corrected chi connectivity index (χ1v) is 8.49. The molecule has 2 N–H and O–H groups in total. The first-order valence-electron chi connectivity index (χ1n) is 8.49. The van der Waals surface area contributed by atoms with Gasteiger partial charge in [0, 0.05) is 25.7 Å². The maximum atomic E-state index is 12.0. The zero-order valence-electron chi connectivity index (χ0n) is 14.6. The standard InChI is InChI=1S/C18H28N2O4/c1-14-13-16(3-4-17(14)15(2)19)18(21)24-12-11-23-10-7-20-5-8-22-9-6-20/h3-4,13,15H,5-12,19H2,1-2H3. The number of esters is 1. The van der Waals surface area contributed by atoms with Gasteiger partial charge in [0.1, 0.15) is 6.61 Å². The molecule has 1 aliphatic rings. The zero-order chi connectivity index (χ0) is 17.4. The van der Waals surface area contributed by atoms with Crippen LogP contribution in [0.5, 0.6) is 0 Å². The lowest BCUT2D eigenvalue weighted by molar-refractivity contribution is 0.00884. The second kappa shape index (κ2) is 9.74. The van der Waals surface area contributed by atoms with Crippen LogP contribution in [0.25, 0.3) is 0 Å². The van der Waals surface area contributed by atoms with Crippen LogP contribution in [0.4, 0.5) is 0 Å². The summed E-state index contributed by atoms with van der Waals surface area (Å²) in [6, 6.07) is 5.42. The zero-order valence-corrected chi connectivity index (χ0v) is 14.6. The van der Waals surface area contributed by atoms with Gasteiger partial charge in [-0.2, -0.15) is 0 Å². The van der Waals surface area contributed by atoms with Crippen molar-refractivity contribution in [2.75, 3.05) is 52.7 Å². The molecule has 0 spiro atoms. The van der Waals surface area contributed by atoms with Crippen molar-refractivity contribution in [1.82, 2.24) is 4.90 Å². The topological polar surface area (TPSA) is 74.0 Å². The third-order valence-electron chi connectivity index (χ3n) is 4.11. The molecule has 0 radical (unpaired) electrons. The quantitative estimate of drug-likeness (QED) is 0.573. The van der Waals surface area contributed by atoms with Crippen molar-refractivity contribution >= 4 is 5.97 Å². The predicted molar refractivity (Wildman–Crippen MR) is 92.1 cm³/mol. The second-order valence-electron chi connectivity index (χ2n) is 6.06. The minimum atomic E-state index is -0.328. The first-order chi connectivity index (χ1) is 11.6. The Balaban J connectivity index is 1.63. The SMILES string of the molecule is Cc1cc(C(=O)OCCOCCN2CCOCC2)ccc1C(C)N. The highest BCUT2D eigenvalue weighted by Gasteiger charge is 2.11. The minimum absolute atomic E-state index is 0.0464. The Kier molecular flexibility index (Phi) is 7.65. The Labute approximate surface area is 143 Å². The van der Waals surface area contributed by atoms with E-state index >= 15 is 0 Å². The molecule has 0 saturated carbocycles. The summed E-state index contributed by atoms with van der Waals surface area (Å²) in [6.07, 6.45) is 0. The highest BCUT2D eigenvalue weighted by atomic mass is 16.6. The fourth-order valence-corrected chi connectivity index (χ4v) is 2.71. The Bertz CT molecular complexity index is 528. The third-order valence-corrected chi connectivity index (χ3v) is 4.11. The maximum absolute atomic E-state index is 12.0. The summed E-state index contributed by atoms with van der Waals surface area (Å²) in [5.74, 6) is -0.328. The van der Waals surface area contributed by atoms with Gasteiger partial charge in [0.05, 0.1) is 32.0 Å². The summed E-state index contributed by atoms with van der Waals surface area (Å²) in [5, 5.41) is 0. The average molecular weight is 336 g/mol. The van der Waals surface area contributed by atoms with E-state index in [9.17, 15) is 4.79 Å². The minimum Gasteiger partial charge on any atom is -0.460 e. The number of nitrogens with two attached hydrogens (primary N) is 1. The lowest BCUT2D eigenvalue weighted by Crippen LogP contribution is -2.38. The van der Waals surface area contributed by atoms with Crippen molar-refractivity contribution < 1.29 is 19.0 Å². The van der Waals surface area contributed by atoms with Crippen LogP contribution in [-0.2, 0) is 14.2 Å². The van der Waals surface area contributed by atoms with Crippen LogP contribution < -0.4 is 5.73 Å². The van der Waals surface area contributed by atoms with E-state index in [1.165, 1.54) is 0 Å². The van der Waals surface area contributed by atoms with Crippen LogP contribution in [0.15, 0.2) is 18.2 Å². The number of carbonyl (C=O) groups is 1. The Morgan fingerprint density at radius 2 is 2.04 bits per heavy atom. The van der Waals surface area contributed by atoms with Gasteiger partial charge in [0.15, 0.2) is 0 Å². The van der Waals surface area contributed by atoms with Crippen molar-refractivity contribution in [2.24, 2.45) is 5.73 Å². The van der Waals surface area contributed by atoms with Crippen LogP contribution in [-0.4, -0.2) is 63.5 Å². The van der Waals surface area contributed by atoms with Gasteiger partial charge >= 0.3 is 5.97 Å². The number of morpholine rings is 1. The first kappa shape index (κ1) is 18.9. The van der Waals surface area contributed by atoms with Gasteiger partial charge in [-0.15, -0.1) is 0 Å². The summed E-state index contributed by atoms with van der Waals surface area (Å²) < 4.78 is 16.1. The van der Waals surface area contributed by atoms with Crippen LogP contribution in [0.3, 0.4) is 0 Å². The highest BCUT2D eigenvalue weighted by molar-refractivity contribution is 5.89. The molecular formula is C18H28N2O4. The number of carbonyl (C=O) groups excluding carboxylic acids is 1. The molecule has 0 aliphatic carbocycles. The van der Waals surface area contributed by atoms with Crippen molar-refractivity contribution in [3.05, 3.63) is 34.9 Å². The van der Waals surface area contributed by atoms with Crippen molar-refractivity contribution in [2.45, 2.75) is 19.9 Å². The molecule has 24 heavy (non-hydrogen) atoms. The van der Waals surface area contributed by atoms with E-state index in [0.717, 1.165) is 44.0 Å². The predicted octanol–water partition coefficient (Wildman–Crippen LogP) is 1.52. The highest BCUT2D eigenvalue weighted by Crippen LogP contribution is 2.17. The van der Waals surface area contributed by atoms with Gasteiger partial charge in [0.25, 0.3) is 0 Å². The molecule has 1 heterocycles. The summed E-state index contributed by atoms with van der Waals surface area (Å²) in [6.45, 7) is 9.55. The lowest BCUT2D eigenvalue weighted by Gasteiger charge is -2.26. The molecule has 1 aromatic rings. The number of hydrogen-bond donors (Lipinski definition) is 1.